The Labute approximate surface area is 225 Å². The summed E-state index contributed by atoms with van der Waals surface area (Å²) in [6.45, 7) is 14.9. The highest BCUT2D eigenvalue weighted by Gasteiger charge is 2.38. The number of rotatable bonds is 7. The molecule has 0 spiro atoms. The molecule has 0 amide bonds. The smallest absolute Gasteiger partial charge is 0.192 e. The van der Waals surface area contributed by atoms with Crippen LogP contribution in [0, 0.1) is 18.3 Å². The Morgan fingerprint density at radius 1 is 1.19 bits per heavy atom. The van der Waals surface area contributed by atoms with E-state index >= 15 is 0 Å². The molecule has 0 aliphatic carbocycles. The van der Waals surface area contributed by atoms with Crippen LogP contribution < -0.4 is 10.2 Å². The Bertz CT molecular complexity index is 1300. The van der Waals surface area contributed by atoms with E-state index in [0.717, 1.165) is 47.1 Å². The largest absolute Gasteiger partial charge is 0.414 e. The van der Waals surface area contributed by atoms with E-state index in [1.807, 2.05) is 31.5 Å². The molecule has 0 radical (unpaired) electrons. The van der Waals surface area contributed by atoms with Crippen LogP contribution in [0.4, 0.5) is 11.5 Å². The lowest BCUT2D eigenvalue weighted by atomic mass is 10.0. The molecular weight excluding hydrogens is 502 g/mol. The van der Waals surface area contributed by atoms with E-state index in [9.17, 15) is 5.26 Å². The summed E-state index contributed by atoms with van der Waals surface area (Å²) in [6, 6.07) is 7.52. The van der Waals surface area contributed by atoms with Crippen molar-refractivity contribution in [3.63, 3.8) is 0 Å². The molecule has 8 nitrogen and oxygen atoms in total. The van der Waals surface area contributed by atoms with Crippen molar-refractivity contribution in [2.45, 2.75) is 64.8 Å². The van der Waals surface area contributed by atoms with Gasteiger partial charge in [0, 0.05) is 48.1 Å². The number of aryl methyl sites for hydroxylation is 1. The van der Waals surface area contributed by atoms with Gasteiger partial charge in [-0.15, -0.1) is 0 Å². The van der Waals surface area contributed by atoms with Crippen LogP contribution in [0.5, 0.6) is 0 Å². The van der Waals surface area contributed by atoms with Crippen molar-refractivity contribution in [1.29, 1.82) is 5.26 Å². The van der Waals surface area contributed by atoms with E-state index < -0.39 is 8.32 Å². The lowest BCUT2D eigenvalue weighted by Crippen LogP contribution is -2.42. The van der Waals surface area contributed by atoms with E-state index in [2.05, 4.69) is 70.1 Å². The fourth-order valence-corrected chi connectivity index (χ4v) is 5.21. The average molecular weight is 536 g/mol. The quantitative estimate of drug-likeness (QED) is 0.377. The van der Waals surface area contributed by atoms with Gasteiger partial charge in [-0.3, -0.25) is 0 Å². The molecule has 4 rings (SSSR count). The Kier molecular flexibility index (Phi) is 7.83. The van der Waals surface area contributed by atoms with Gasteiger partial charge < -0.3 is 14.6 Å². The van der Waals surface area contributed by atoms with Gasteiger partial charge in [-0.05, 0) is 43.3 Å². The third-order valence-electron chi connectivity index (χ3n) is 7.35. The molecule has 2 aromatic heterocycles. The molecule has 10 heteroatoms. The second-order valence-corrected chi connectivity index (χ2v) is 16.2. The van der Waals surface area contributed by atoms with Crippen LogP contribution in [-0.4, -0.2) is 41.4 Å². The van der Waals surface area contributed by atoms with E-state index in [0.29, 0.717) is 23.7 Å². The van der Waals surface area contributed by atoms with Crippen LogP contribution in [-0.2, 0) is 17.4 Å². The summed E-state index contributed by atoms with van der Waals surface area (Å²) in [5, 5.41) is 13.9. The number of anilines is 2. The zero-order valence-electron chi connectivity index (χ0n) is 22.3. The van der Waals surface area contributed by atoms with Crippen molar-refractivity contribution in [2.24, 2.45) is 0 Å². The summed E-state index contributed by atoms with van der Waals surface area (Å²) in [5.41, 5.74) is 4.37. The van der Waals surface area contributed by atoms with E-state index in [1.54, 1.807) is 12.4 Å². The predicted octanol–water partition coefficient (Wildman–Crippen LogP) is 5.84. The average Bonchev–Trinajstić information content (AvgIpc) is 2.86. The summed E-state index contributed by atoms with van der Waals surface area (Å²) in [6.07, 6.45) is 6.06. The molecule has 0 fully saturated rings. The Hall–Kier alpha value is -3.06. The maximum atomic E-state index is 9.67. The molecule has 1 atom stereocenters. The summed E-state index contributed by atoms with van der Waals surface area (Å²) in [7, 11) is -1.99. The van der Waals surface area contributed by atoms with Crippen molar-refractivity contribution >= 4 is 31.4 Å². The van der Waals surface area contributed by atoms with Crippen LogP contribution in [0.2, 0.25) is 23.2 Å². The zero-order chi connectivity index (χ0) is 26.8. The highest BCUT2D eigenvalue weighted by atomic mass is 35.5. The summed E-state index contributed by atoms with van der Waals surface area (Å²) in [5.74, 6) is 1.48. The standard InChI is InChI=1S/C27H34ClN7OSi/c1-18-30-13-20(14-31-18)24(16-36-37(5,6)27(2,3)4)34-26-22-15-35(10-9-23(22)32-17-33-26)25-8-7-21(28)11-19(25)12-29/h7-8,11,13-14,17,24H,9-10,15-16H2,1-6H3,(H,32,33,34)/t24-/m1/s1. The highest BCUT2D eigenvalue weighted by Crippen LogP contribution is 2.38. The summed E-state index contributed by atoms with van der Waals surface area (Å²) in [4.78, 5) is 20.2. The van der Waals surface area contributed by atoms with Gasteiger partial charge in [0.1, 0.15) is 24.0 Å². The molecule has 3 aromatic rings. The first-order valence-electron chi connectivity index (χ1n) is 12.4. The molecule has 0 saturated heterocycles. The number of nitriles is 1. The van der Waals surface area contributed by atoms with Gasteiger partial charge in [-0.2, -0.15) is 5.26 Å². The van der Waals surface area contributed by atoms with Crippen LogP contribution in [0.15, 0.2) is 36.9 Å². The molecule has 194 valence electrons. The lowest BCUT2D eigenvalue weighted by molar-refractivity contribution is 0.271. The highest BCUT2D eigenvalue weighted by molar-refractivity contribution is 6.74. The van der Waals surface area contributed by atoms with Crippen molar-refractivity contribution < 1.29 is 4.43 Å². The maximum Gasteiger partial charge on any atom is 0.192 e. The fraction of sp³-hybridized carbons (Fsp3) is 0.444. The molecule has 1 aromatic carbocycles. The van der Waals surface area contributed by atoms with Crippen LogP contribution in [0.1, 0.15) is 55.0 Å². The Balaban J connectivity index is 1.64. The van der Waals surface area contributed by atoms with E-state index in [1.165, 1.54) is 0 Å². The van der Waals surface area contributed by atoms with Gasteiger partial charge in [0.25, 0.3) is 0 Å². The first kappa shape index (κ1) is 27.0. The zero-order valence-corrected chi connectivity index (χ0v) is 24.1. The topological polar surface area (TPSA) is 99.9 Å². The number of hydrogen-bond donors (Lipinski definition) is 1. The predicted molar refractivity (Wildman–Crippen MR) is 149 cm³/mol. The molecule has 3 heterocycles. The minimum absolute atomic E-state index is 0.0902. The Morgan fingerprint density at radius 2 is 1.92 bits per heavy atom. The molecule has 1 aliphatic heterocycles. The summed E-state index contributed by atoms with van der Waals surface area (Å²) < 4.78 is 6.61. The molecule has 1 N–H and O–H groups in total. The van der Waals surface area contributed by atoms with Crippen molar-refractivity contribution in [1.82, 2.24) is 19.9 Å². The first-order chi connectivity index (χ1) is 17.5. The first-order valence-corrected chi connectivity index (χ1v) is 15.7. The fourth-order valence-electron chi connectivity index (χ4n) is 4.02. The third-order valence-corrected chi connectivity index (χ3v) is 12.1. The van der Waals surface area contributed by atoms with Crippen LogP contribution >= 0.6 is 11.6 Å². The van der Waals surface area contributed by atoms with Gasteiger partial charge in [-0.1, -0.05) is 32.4 Å². The number of aromatic nitrogens is 4. The normalized spacial score (nSPS) is 14.6. The molecule has 0 bridgehead atoms. The van der Waals surface area contributed by atoms with Gasteiger partial charge in [-0.25, -0.2) is 19.9 Å². The van der Waals surface area contributed by atoms with Crippen molar-refractivity contribution in [3.05, 3.63) is 70.2 Å². The van der Waals surface area contributed by atoms with Gasteiger partial charge in [0.15, 0.2) is 8.32 Å². The summed E-state index contributed by atoms with van der Waals surface area (Å²) >= 11 is 6.14. The van der Waals surface area contributed by atoms with Crippen LogP contribution in [0.25, 0.3) is 0 Å². The maximum absolute atomic E-state index is 9.67. The second-order valence-electron chi connectivity index (χ2n) is 10.9. The second kappa shape index (κ2) is 10.7. The molecule has 1 aliphatic rings. The number of halogens is 1. The Morgan fingerprint density at radius 3 is 2.59 bits per heavy atom. The van der Waals surface area contributed by atoms with Crippen molar-refractivity contribution in [3.8, 4) is 6.07 Å². The van der Waals surface area contributed by atoms with Gasteiger partial charge in [0.2, 0.25) is 0 Å². The van der Waals surface area contributed by atoms with Gasteiger partial charge >= 0.3 is 0 Å². The molecule has 0 unspecified atom stereocenters. The number of nitrogens with zero attached hydrogens (tertiary/aromatic N) is 6. The van der Waals surface area contributed by atoms with Crippen molar-refractivity contribution in [2.75, 3.05) is 23.4 Å². The number of hydrogen-bond acceptors (Lipinski definition) is 8. The number of nitrogens with one attached hydrogen (secondary N) is 1. The molecule has 37 heavy (non-hydrogen) atoms. The molecule has 0 saturated carbocycles. The van der Waals surface area contributed by atoms with Crippen LogP contribution in [0.3, 0.4) is 0 Å². The number of fused-ring (bicyclic) bond motifs is 1. The minimum Gasteiger partial charge on any atom is -0.414 e. The third kappa shape index (κ3) is 6.09. The minimum atomic E-state index is -1.99. The SMILES string of the molecule is Cc1ncc([C@@H](CO[Si](C)(C)C(C)(C)C)Nc2ncnc3c2CN(c2ccc(Cl)cc2C#N)CC3)cn1. The molecular formula is C27H34ClN7OSi. The van der Waals surface area contributed by atoms with Gasteiger partial charge in [0.05, 0.1) is 29.6 Å². The number of benzene rings is 1. The lowest BCUT2D eigenvalue weighted by Gasteiger charge is -2.37. The van der Waals surface area contributed by atoms with E-state index in [-0.39, 0.29) is 11.1 Å². The van der Waals surface area contributed by atoms with E-state index in [4.69, 9.17) is 16.0 Å². The monoisotopic (exact) mass is 535 g/mol.